The van der Waals surface area contributed by atoms with Crippen molar-refractivity contribution in [2.75, 3.05) is 18.0 Å². The Balaban J connectivity index is 1.61. The van der Waals surface area contributed by atoms with Crippen molar-refractivity contribution in [1.29, 1.82) is 0 Å². The molecule has 0 bridgehead atoms. The van der Waals surface area contributed by atoms with E-state index in [1.165, 1.54) is 12.1 Å². The highest BCUT2D eigenvalue weighted by molar-refractivity contribution is 7.89. The van der Waals surface area contributed by atoms with Crippen molar-refractivity contribution in [3.63, 3.8) is 0 Å². The zero-order valence-electron chi connectivity index (χ0n) is 12.4. The highest BCUT2D eigenvalue weighted by atomic mass is 35.5. The van der Waals surface area contributed by atoms with Crippen molar-refractivity contribution in [3.05, 3.63) is 47.7 Å². The van der Waals surface area contributed by atoms with Gasteiger partial charge in [-0.15, -0.1) is 0 Å². The van der Waals surface area contributed by atoms with Gasteiger partial charge in [0.25, 0.3) is 0 Å². The van der Waals surface area contributed by atoms with E-state index < -0.39 is 10.0 Å². The lowest BCUT2D eigenvalue weighted by atomic mass is 10.1. The van der Waals surface area contributed by atoms with Crippen LogP contribution in [0.25, 0.3) is 0 Å². The van der Waals surface area contributed by atoms with Crippen molar-refractivity contribution in [2.24, 2.45) is 0 Å². The number of anilines is 1. The van der Waals surface area contributed by atoms with Gasteiger partial charge < -0.3 is 4.90 Å². The Labute approximate surface area is 140 Å². The number of sulfonamides is 1. The summed E-state index contributed by atoms with van der Waals surface area (Å²) in [7, 11) is -3.52. The van der Waals surface area contributed by atoms with Crippen LogP contribution >= 0.6 is 11.6 Å². The number of hydrogen-bond donors (Lipinski definition) is 1. The first kappa shape index (κ1) is 16.2. The van der Waals surface area contributed by atoms with Gasteiger partial charge in [-0.25, -0.2) is 23.1 Å². The van der Waals surface area contributed by atoms with E-state index in [4.69, 9.17) is 11.6 Å². The van der Waals surface area contributed by atoms with E-state index in [9.17, 15) is 8.42 Å². The van der Waals surface area contributed by atoms with Crippen LogP contribution in [0.2, 0.25) is 5.02 Å². The van der Waals surface area contributed by atoms with Crippen LogP contribution in [0, 0.1) is 0 Å². The number of aromatic nitrogens is 2. The molecule has 2 aromatic rings. The van der Waals surface area contributed by atoms with E-state index in [1.807, 2.05) is 0 Å². The van der Waals surface area contributed by atoms with Gasteiger partial charge >= 0.3 is 0 Å². The Bertz CT molecular complexity index is 745. The summed E-state index contributed by atoms with van der Waals surface area (Å²) in [5, 5.41) is 0.514. The van der Waals surface area contributed by atoms with Gasteiger partial charge in [-0.1, -0.05) is 11.6 Å². The van der Waals surface area contributed by atoms with E-state index >= 15 is 0 Å². The number of rotatable bonds is 4. The van der Waals surface area contributed by atoms with Crippen LogP contribution in [-0.4, -0.2) is 37.5 Å². The maximum Gasteiger partial charge on any atom is 0.240 e. The minimum absolute atomic E-state index is 0.0874. The second-order valence-corrected chi connectivity index (χ2v) is 7.54. The molecular weight excluding hydrogens is 336 g/mol. The molecule has 1 fully saturated rings. The van der Waals surface area contributed by atoms with Crippen molar-refractivity contribution >= 4 is 27.6 Å². The fourth-order valence-corrected chi connectivity index (χ4v) is 3.98. The molecule has 2 heterocycles. The Morgan fingerprint density at radius 3 is 2.30 bits per heavy atom. The number of piperidine rings is 1. The van der Waals surface area contributed by atoms with E-state index in [-0.39, 0.29) is 10.9 Å². The normalized spacial score (nSPS) is 16.5. The number of hydrogen-bond acceptors (Lipinski definition) is 5. The lowest BCUT2D eigenvalue weighted by molar-refractivity contribution is 0.456. The fourth-order valence-electron chi connectivity index (χ4n) is 2.55. The number of halogens is 1. The standard InChI is InChI=1S/C15H17ClN4O2S/c16-12-2-4-14(5-3-12)23(21,22)19-13-6-10-20(11-7-13)15-17-8-1-9-18-15/h1-5,8-9,13,19H,6-7,10-11H2. The topological polar surface area (TPSA) is 75.2 Å². The number of nitrogens with zero attached hydrogens (tertiary/aromatic N) is 3. The molecule has 8 heteroatoms. The van der Waals surface area contributed by atoms with Gasteiger partial charge in [0.15, 0.2) is 0 Å². The summed E-state index contributed by atoms with van der Waals surface area (Å²) in [6.45, 7) is 1.44. The predicted octanol–water partition coefficient (Wildman–Crippen LogP) is 2.08. The van der Waals surface area contributed by atoms with Crippen molar-refractivity contribution in [1.82, 2.24) is 14.7 Å². The van der Waals surface area contributed by atoms with Crippen LogP contribution in [-0.2, 0) is 10.0 Å². The van der Waals surface area contributed by atoms with E-state index in [1.54, 1.807) is 30.6 Å². The maximum atomic E-state index is 12.4. The number of nitrogens with one attached hydrogen (secondary N) is 1. The Hall–Kier alpha value is -1.70. The predicted molar refractivity (Wildman–Crippen MR) is 89.0 cm³/mol. The number of benzene rings is 1. The summed E-state index contributed by atoms with van der Waals surface area (Å²) >= 11 is 5.80. The quantitative estimate of drug-likeness (QED) is 0.911. The smallest absolute Gasteiger partial charge is 0.240 e. The summed E-state index contributed by atoms with van der Waals surface area (Å²) in [6.07, 6.45) is 4.84. The molecular formula is C15H17ClN4O2S. The van der Waals surface area contributed by atoms with Crippen LogP contribution in [0.4, 0.5) is 5.95 Å². The third kappa shape index (κ3) is 3.99. The molecule has 1 saturated heterocycles. The summed E-state index contributed by atoms with van der Waals surface area (Å²) < 4.78 is 27.5. The summed E-state index contributed by atoms with van der Waals surface area (Å²) in [6, 6.07) is 7.86. The van der Waals surface area contributed by atoms with Crippen LogP contribution in [0.5, 0.6) is 0 Å². The molecule has 1 N–H and O–H groups in total. The molecule has 1 aliphatic heterocycles. The van der Waals surface area contributed by atoms with E-state index in [0.29, 0.717) is 23.8 Å². The summed E-state index contributed by atoms with van der Waals surface area (Å²) in [5.74, 6) is 0.687. The first-order valence-corrected chi connectivity index (χ1v) is 9.20. The van der Waals surface area contributed by atoms with Crippen molar-refractivity contribution in [3.8, 4) is 0 Å². The van der Waals surface area contributed by atoms with Crippen LogP contribution in [0.3, 0.4) is 0 Å². The fraction of sp³-hybridized carbons (Fsp3) is 0.333. The van der Waals surface area contributed by atoms with Crippen molar-refractivity contribution < 1.29 is 8.42 Å². The first-order chi connectivity index (χ1) is 11.0. The van der Waals surface area contributed by atoms with Gasteiger partial charge in [-0.3, -0.25) is 0 Å². The molecule has 1 aliphatic rings. The molecule has 3 rings (SSSR count). The first-order valence-electron chi connectivity index (χ1n) is 7.34. The monoisotopic (exact) mass is 352 g/mol. The largest absolute Gasteiger partial charge is 0.341 e. The van der Waals surface area contributed by atoms with Crippen LogP contribution in [0.1, 0.15) is 12.8 Å². The molecule has 0 spiro atoms. The molecule has 0 unspecified atom stereocenters. The lowest BCUT2D eigenvalue weighted by Gasteiger charge is -2.32. The SMILES string of the molecule is O=S(=O)(NC1CCN(c2ncccn2)CC1)c1ccc(Cl)cc1. The minimum Gasteiger partial charge on any atom is -0.341 e. The average molecular weight is 353 g/mol. The second-order valence-electron chi connectivity index (χ2n) is 5.39. The van der Waals surface area contributed by atoms with Gasteiger partial charge in [-0.2, -0.15) is 0 Å². The highest BCUT2D eigenvalue weighted by Gasteiger charge is 2.25. The van der Waals surface area contributed by atoms with Gasteiger partial charge in [0.2, 0.25) is 16.0 Å². The summed E-state index contributed by atoms with van der Waals surface area (Å²) in [4.78, 5) is 10.7. The molecule has 1 aromatic heterocycles. The molecule has 0 atom stereocenters. The maximum absolute atomic E-state index is 12.4. The van der Waals surface area contributed by atoms with Gasteiger partial charge in [0.05, 0.1) is 4.90 Å². The third-order valence-corrected chi connectivity index (χ3v) is 5.56. The zero-order chi connectivity index (χ0) is 16.3. The second kappa shape index (κ2) is 6.82. The van der Waals surface area contributed by atoms with E-state index in [2.05, 4.69) is 19.6 Å². The Morgan fingerprint density at radius 2 is 1.70 bits per heavy atom. The van der Waals surface area contributed by atoms with Gasteiger partial charge in [-0.05, 0) is 43.2 Å². The molecule has 0 radical (unpaired) electrons. The third-order valence-electron chi connectivity index (χ3n) is 3.78. The molecule has 1 aromatic carbocycles. The average Bonchev–Trinajstić information content (AvgIpc) is 2.56. The Morgan fingerprint density at radius 1 is 1.09 bits per heavy atom. The molecule has 0 amide bonds. The summed E-state index contributed by atoms with van der Waals surface area (Å²) in [5.41, 5.74) is 0. The lowest BCUT2D eigenvalue weighted by Crippen LogP contribution is -2.45. The minimum atomic E-state index is -3.52. The zero-order valence-corrected chi connectivity index (χ0v) is 14.0. The van der Waals surface area contributed by atoms with E-state index in [0.717, 1.165) is 13.1 Å². The van der Waals surface area contributed by atoms with Crippen molar-refractivity contribution in [2.45, 2.75) is 23.8 Å². The highest BCUT2D eigenvalue weighted by Crippen LogP contribution is 2.19. The molecule has 0 aliphatic carbocycles. The molecule has 23 heavy (non-hydrogen) atoms. The van der Waals surface area contributed by atoms with Crippen LogP contribution < -0.4 is 9.62 Å². The molecule has 6 nitrogen and oxygen atoms in total. The van der Waals surface area contributed by atoms with Crippen LogP contribution in [0.15, 0.2) is 47.6 Å². The Kier molecular flexibility index (Phi) is 4.79. The molecule has 122 valence electrons. The van der Waals surface area contributed by atoms with Gasteiger partial charge in [0.1, 0.15) is 0 Å². The molecule has 0 saturated carbocycles. The van der Waals surface area contributed by atoms with Gasteiger partial charge in [0, 0.05) is 36.5 Å².